The molecule has 0 saturated heterocycles. The molecule has 0 spiro atoms. The van der Waals surface area contributed by atoms with Gasteiger partial charge in [0, 0.05) is 18.2 Å². The Labute approximate surface area is 129 Å². The van der Waals surface area contributed by atoms with Crippen molar-refractivity contribution in [2.75, 3.05) is 0 Å². The zero-order chi connectivity index (χ0) is 15.9. The van der Waals surface area contributed by atoms with E-state index in [1.165, 1.54) is 22.7 Å². The number of hydrogen-bond acceptors (Lipinski definition) is 3. The number of hydrogen-bond donors (Lipinski definition) is 1. The molecule has 0 amide bonds. The van der Waals surface area contributed by atoms with Gasteiger partial charge in [0.15, 0.2) is 0 Å². The Kier molecular flexibility index (Phi) is 3.54. The van der Waals surface area contributed by atoms with E-state index in [-0.39, 0.29) is 16.3 Å². The second-order valence-electron chi connectivity index (χ2n) is 5.04. The van der Waals surface area contributed by atoms with Gasteiger partial charge in [-0.15, -0.1) is 11.3 Å². The molecule has 0 saturated carbocycles. The Morgan fingerprint density at radius 1 is 1.32 bits per heavy atom. The molecule has 0 unspecified atom stereocenters. The quantitative estimate of drug-likeness (QED) is 0.807. The summed E-state index contributed by atoms with van der Waals surface area (Å²) in [4.78, 5) is 24.3. The number of pyridine rings is 1. The van der Waals surface area contributed by atoms with Crippen molar-refractivity contribution in [2.24, 2.45) is 0 Å². The molecule has 1 aromatic carbocycles. The van der Waals surface area contributed by atoms with E-state index in [9.17, 15) is 14.0 Å². The minimum Gasteiger partial charge on any atom is -0.477 e. The summed E-state index contributed by atoms with van der Waals surface area (Å²) in [5, 5.41) is 9.06. The van der Waals surface area contributed by atoms with E-state index in [0.717, 1.165) is 22.5 Å². The molecule has 0 atom stereocenters. The predicted octanol–water partition coefficient (Wildman–Crippen LogP) is 3.10. The fraction of sp³-hybridized carbons (Fsp3) is 0.125. The highest BCUT2D eigenvalue weighted by atomic mass is 32.1. The summed E-state index contributed by atoms with van der Waals surface area (Å²) in [6.07, 6.45) is 1.73. The summed E-state index contributed by atoms with van der Waals surface area (Å²) in [6.45, 7) is 1.84. The number of carboxylic acid groups (broad SMARTS) is 1. The highest BCUT2D eigenvalue weighted by Crippen LogP contribution is 2.21. The van der Waals surface area contributed by atoms with Crippen LogP contribution in [-0.2, 0) is 6.42 Å². The molecule has 0 radical (unpaired) electrons. The first-order chi connectivity index (χ1) is 10.5. The van der Waals surface area contributed by atoms with Crippen LogP contribution in [0.15, 0.2) is 41.3 Å². The minimum atomic E-state index is -1.05. The summed E-state index contributed by atoms with van der Waals surface area (Å²) in [6, 6.07) is 7.74. The molecule has 0 fully saturated rings. The molecule has 0 aliphatic heterocycles. The summed E-state index contributed by atoms with van der Waals surface area (Å²) >= 11 is 1.08. The van der Waals surface area contributed by atoms with Gasteiger partial charge < -0.3 is 5.11 Å². The van der Waals surface area contributed by atoms with Gasteiger partial charge >= 0.3 is 5.97 Å². The van der Waals surface area contributed by atoms with Gasteiger partial charge in [0.05, 0.1) is 0 Å². The lowest BCUT2D eigenvalue weighted by molar-refractivity contribution is 0.0701. The Morgan fingerprint density at radius 2 is 2.00 bits per heavy atom. The molecule has 112 valence electrons. The molecule has 22 heavy (non-hydrogen) atoms. The standard InChI is InChI=1S/C16H12FNO3S/c1-9-6-11(7-10-2-4-12(17)5-3-10)14(19)18-8-13(16(20)21)22-15(9)18/h2-6,8H,7H2,1H3,(H,20,21). The van der Waals surface area contributed by atoms with Crippen LogP contribution >= 0.6 is 11.3 Å². The number of benzene rings is 1. The molecule has 1 N–H and O–H groups in total. The molecule has 0 bridgehead atoms. The first-order valence-corrected chi connectivity index (χ1v) is 7.40. The van der Waals surface area contributed by atoms with Crippen molar-refractivity contribution in [1.82, 2.24) is 4.40 Å². The number of aromatic nitrogens is 1. The van der Waals surface area contributed by atoms with Crippen molar-refractivity contribution in [1.29, 1.82) is 0 Å². The fourth-order valence-corrected chi connectivity index (χ4v) is 3.27. The minimum absolute atomic E-state index is 0.124. The van der Waals surface area contributed by atoms with Gasteiger partial charge in [-0.3, -0.25) is 9.20 Å². The van der Waals surface area contributed by atoms with E-state index in [2.05, 4.69) is 0 Å². The predicted molar refractivity (Wildman–Crippen MR) is 82.4 cm³/mol. The van der Waals surface area contributed by atoms with Crippen LogP contribution in [0.3, 0.4) is 0 Å². The largest absolute Gasteiger partial charge is 0.477 e. The number of fused-ring (bicyclic) bond motifs is 1. The number of aryl methyl sites for hydroxylation is 1. The molecule has 2 aromatic heterocycles. The maximum atomic E-state index is 12.9. The number of nitrogens with zero attached hydrogens (tertiary/aromatic N) is 1. The molecular formula is C16H12FNO3S. The van der Waals surface area contributed by atoms with E-state index in [1.54, 1.807) is 18.2 Å². The highest BCUT2D eigenvalue weighted by Gasteiger charge is 2.14. The lowest BCUT2D eigenvalue weighted by Gasteiger charge is -2.05. The van der Waals surface area contributed by atoms with Crippen LogP contribution < -0.4 is 5.56 Å². The van der Waals surface area contributed by atoms with E-state index in [4.69, 9.17) is 5.11 Å². The smallest absolute Gasteiger partial charge is 0.347 e. The topological polar surface area (TPSA) is 58.8 Å². The van der Waals surface area contributed by atoms with Gasteiger partial charge in [0.1, 0.15) is 15.5 Å². The summed E-state index contributed by atoms with van der Waals surface area (Å²) in [7, 11) is 0. The lowest BCUT2D eigenvalue weighted by atomic mass is 10.1. The summed E-state index contributed by atoms with van der Waals surface area (Å²) in [5.41, 5.74) is 1.98. The van der Waals surface area contributed by atoms with Gasteiger partial charge in [-0.1, -0.05) is 12.1 Å². The lowest BCUT2D eigenvalue weighted by Crippen LogP contribution is -2.17. The van der Waals surface area contributed by atoms with Crippen LogP contribution in [0.2, 0.25) is 0 Å². The SMILES string of the molecule is Cc1cc(Cc2ccc(F)cc2)c(=O)n2cc(C(=O)O)sc12. The molecular weight excluding hydrogens is 305 g/mol. The zero-order valence-corrected chi connectivity index (χ0v) is 12.5. The Balaban J connectivity index is 2.10. The van der Waals surface area contributed by atoms with Crippen molar-refractivity contribution in [3.8, 4) is 0 Å². The number of thiazole rings is 1. The van der Waals surface area contributed by atoms with E-state index < -0.39 is 5.97 Å². The first-order valence-electron chi connectivity index (χ1n) is 6.58. The molecule has 0 aliphatic carbocycles. The van der Waals surface area contributed by atoms with E-state index in [1.807, 2.05) is 6.92 Å². The zero-order valence-electron chi connectivity index (χ0n) is 11.7. The number of carbonyl (C=O) groups is 1. The maximum Gasteiger partial charge on any atom is 0.347 e. The highest BCUT2D eigenvalue weighted by molar-refractivity contribution is 7.19. The van der Waals surface area contributed by atoms with Crippen molar-refractivity contribution in [2.45, 2.75) is 13.3 Å². The third-order valence-corrected chi connectivity index (χ3v) is 4.62. The Morgan fingerprint density at radius 3 is 2.64 bits per heavy atom. The van der Waals surface area contributed by atoms with Crippen LogP contribution in [0.1, 0.15) is 26.4 Å². The Hall–Kier alpha value is -2.47. The average Bonchev–Trinajstić information content (AvgIpc) is 2.93. The van der Waals surface area contributed by atoms with Crippen LogP contribution in [0.5, 0.6) is 0 Å². The molecule has 2 heterocycles. The van der Waals surface area contributed by atoms with Crippen molar-refractivity contribution >= 4 is 22.1 Å². The summed E-state index contributed by atoms with van der Waals surface area (Å²) in [5.74, 6) is -1.37. The van der Waals surface area contributed by atoms with Crippen molar-refractivity contribution in [3.05, 3.63) is 74.3 Å². The van der Waals surface area contributed by atoms with Gasteiger partial charge in [-0.25, -0.2) is 9.18 Å². The van der Waals surface area contributed by atoms with Crippen LogP contribution in [0, 0.1) is 12.7 Å². The van der Waals surface area contributed by atoms with Gasteiger partial charge in [-0.2, -0.15) is 0 Å². The first kappa shape index (κ1) is 14.5. The molecule has 6 heteroatoms. The molecule has 0 aliphatic rings. The average molecular weight is 317 g/mol. The summed E-state index contributed by atoms with van der Waals surface area (Å²) < 4.78 is 14.3. The third-order valence-electron chi connectivity index (χ3n) is 3.41. The van der Waals surface area contributed by atoms with Crippen LogP contribution in [0.25, 0.3) is 4.83 Å². The van der Waals surface area contributed by atoms with Gasteiger partial charge in [0.2, 0.25) is 0 Å². The number of rotatable bonds is 3. The second kappa shape index (κ2) is 5.38. The molecule has 4 nitrogen and oxygen atoms in total. The number of aromatic carboxylic acids is 1. The normalized spacial score (nSPS) is 11.0. The Bertz CT molecular complexity index is 925. The van der Waals surface area contributed by atoms with Crippen molar-refractivity contribution < 1.29 is 14.3 Å². The molecule has 3 aromatic rings. The maximum absolute atomic E-state index is 12.9. The van der Waals surface area contributed by atoms with E-state index in [0.29, 0.717) is 16.8 Å². The fourth-order valence-electron chi connectivity index (χ4n) is 2.36. The second-order valence-corrected chi connectivity index (χ2v) is 6.07. The third kappa shape index (κ3) is 2.53. The molecule has 3 rings (SSSR count). The number of carboxylic acids is 1. The van der Waals surface area contributed by atoms with Crippen LogP contribution in [-0.4, -0.2) is 15.5 Å². The monoisotopic (exact) mass is 317 g/mol. The van der Waals surface area contributed by atoms with Gasteiger partial charge in [0.25, 0.3) is 5.56 Å². The van der Waals surface area contributed by atoms with Gasteiger partial charge in [-0.05, 0) is 36.2 Å². The van der Waals surface area contributed by atoms with Crippen LogP contribution in [0.4, 0.5) is 4.39 Å². The number of halogens is 1. The van der Waals surface area contributed by atoms with E-state index >= 15 is 0 Å². The van der Waals surface area contributed by atoms with Crippen molar-refractivity contribution in [3.63, 3.8) is 0 Å².